The summed E-state index contributed by atoms with van der Waals surface area (Å²) in [7, 11) is 0. The molecule has 0 bridgehead atoms. The van der Waals surface area contributed by atoms with E-state index in [2.05, 4.69) is 6.58 Å². The molecule has 1 atom stereocenters. The van der Waals surface area contributed by atoms with Crippen molar-refractivity contribution in [3.63, 3.8) is 0 Å². The molecule has 0 aliphatic heterocycles. The molecular weight excluding hydrogens is 189 g/mol. The van der Waals surface area contributed by atoms with Crippen LogP contribution < -0.4 is 0 Å². The summed E-state index contributed by atoms with van der Waals surface area (Å²) in [5.41, 5.74) is -0.367. The van der Waals surface area contributed by atoms with Crippen molar-refractivity contribution in [1.29, 1.82) is 0 Å². The molecule has 74 valence electrons. The van der Waals surface area contributed by atoms with E-state index in [0.717, 1.165) is 12.1 Å². The molecule has 1 aromatic rings. The Labute approximate surface area is 79.4 Å². The van der Waals surface area contributed by atoms with Crippen LogP contribution in [0.1, 0.15) is 11.7 Å². The number of aliphatic hydroxyl groups is 1. The largest absolute Gasteiger partial charge is 0.384 e. The van der Waals surface area contributed by atoms with Crippen LogP contribution in [0.3, 0.4) is 0 Å². The zero-order valence-corrected chi connectivity index (χ0v) is 7.18. The van der Waals surface area contributed by atoms with Gasteiger partial charge in [0.2, 0.25) is 5.82 Å². The van der Waals surface area contributed by atoms with Crippen molar-refractivity contribution in [1.82, 2.24) is 0 Å². The summed E-state index contributed by atoms with van der Waals surface area (Å²) in [6.07, 6.45) is 0.200. The standard InChI is InChI=1S/C9H8FNO3/c1-2-9(12)6-3-4-8(11(13)14)7(10)5-6/h2-5,9,12H,1H2. The monoisotopic (exact) mass is 197 g/mol. The van der Waals surface area contributed by atoms with Crippen LogP contribution in [0.2, 0.25) is 0 Å². The molecule has 0 spiro atoms. The van der Waals surface area contributed by atoms with Crippen molar-refractivity contribution in [2.75, 3.05) is 0 Å². The minimum atomic E-state index is -1.01. The Morgan fingerprint density at radius 2 is 2.29 bits per heavy atom. The molecule has 0 saturated carbocycles. The summed E-state index contributed by atoms with van der Waals surface area (Å²) in [5, 5.41) is 19.5. The highest BCUT2D eigenvalue weighted by Gasteiger charge is 2.15. The van der Waals surface area contributed by atoms with Gasteiger partial charge >= 0.3 is 5.69 Å². The van der Waals surface area contributed by atoms with Crippen LogP contribution >= 0.6 is 0 Å². The lowest BCUT2D eigenvalue weighted by Crippen LogP contribution is -1.97. The maximum Gasteiger partial charge on any atom is 0.304 e. The Morgan fingerprint density at radius 1 is 1.64 bits per heavy atom. The van der Waals surface area contributed by atoms with Gasteiger partial charge in [0.05, 0.1) is 11.0 Å². The zero-order valence-electron chi connectivity index (χ0n) is 7.18. The number of hydrogen-bond donors (Lipinski definition) is 1. The number of hydrogen-bond acceptors (Lipinski definition) is 3. The van der Waals surface area contributed by atoms with E-state index in [9.17, 15) is 19.6 Å². The van der Waals surface area contributed by atoms with Gasteiger partial charge < -0.3 is 5.11 Å². The molecule has 0 aliphatic carbocycles. The van der Waals surface area contributed by atoms with E-state index in [4.69, 9.17) is 0 Å². The predicted octanol–water partition coefficient (Wildman–Crippen LogP) is 1.95. The van der Waals surface area contributed by atoms with Gasteiger partial charge in [0.25, 0.3) is 0 Å². The minimum Gasteiger partial charge on any atom is -0.384 e. The third kappa shape index (κ3) is 1.94. The molecule has 14 heavy (non-hydrogen) atoms. The first kappa shape index (κ1) is 10.3. The van der Waals surface area contributed by atoms with Gasteiger partial charge in [-0.3, -0.25) is 10.1 Å². The SMILES string of the molecule is C=CC(O)c1ccc([N+](=O)[O-])c(F)c1. The van der Waals surface area contributed by atoms with Gasteiger partial charge in [0.15, 0.2) is 0 Å². The highest BCUT2D eigenvalue weighted by Crippen LogP contribution is 2.22. The molecule has 1 N–H and O–H groups in total. The first-order valence-electron chi connectivity index (χ1n) is 3.80. The summed E-state index contributed by atoms with van der Waals surface area (Å²) in [6.45, 7) is 3.32. The molecule has 0 fully saturated rings. The molecule has 0 amide bonds. The van der Waals surface area contributed by atoms with Gasteiger partial charge in [-0.05, 0) is 17.7 Å². The third-order valence-electron chi connectivity index (χ3n) is 1.73. The molecule has 0 radical (unpaired) electrons. The highest BCUT2D eigenvalue weighted by molar-refractivity contribution is 5.36. The Bertz CT molecular complexity index is 378. The molecule has 1 aromatic carbocycles. The van der Waals surface area contributed by atoms with Crippen LogP contribution in [-0.4, -0.2) is 10.0 Å². The second kappa shape index (κ2) is 3.97. The molecule has 0 aliphatic rings. The lowest BCUT2D eigenvalue weighted by molar-refractivity contribution is -0.387. The number of halogens is 1. The van der Waals surface area contributed by atoms with E-state index in [1.54, 1.807) is 0 Å². The Kier molecular flexibility index (Phi) is 2.93. The van der Waals surface area contributed by atoms with Crippen LogP contribution in [0.25, 0.3) is 0 Å². The number of rotatable bonds is 3. The van der Waals surface area contributed by atoms with Crippen molar-refractivity contribution in [2.45, 2.75) is 6.10 Å². The Morgan fingerprint density at radius 3 is 2.71 bits per heavy atom. The molecule has 0 heterocycles. The van der Waals surface area contributed by atoms with Crippen molar-refractivity contribution in [3.8, 4) is 0 Å². The second-order valence-electron chi connectivity index (χ2n) is 2.65. The van der Waals surface area contributed by atoms with Crippen molar-refractivity contribution >= 4 is 5.69 Å². The fraction of sp³-hybridized carbons (Fsp3) is 0.111. The van der Waals surface area contributed by atoms with Crippen LogP contribution in [0.15, 0.2) is 30.9 Å². The van der Waals surface area contributed by atoms with Gasteiger partial charge in [-0.15, -0.1) is 6.58 Å². The van der Waals surface area contributed by atoms with E-state index in [-0.39, 0.29) is 5.56 Å². The number of nitro benzene ring substituents is 1. The quantitative estimate of drug-likeness (QED) is 0.457. The second-order valence-corrected chi connectivity index (χ2v) is 2.65. The lowest BCUT2D eigenvalue weighted by atomic mass is 10.1. The van der Waals surface area contributed by atoms with Gasteiger partial charge in [-0.2, -0.15) is 4.39 Å². The molecule has 5 heteroatoms. The first-order chi connectivity index (χ1) is 6.56. The highest BCUT2D eigenvalue weighted by atomic mass is 19.1. The van der Waals surface area contributed by atoms with Crippen LogP contribution in [0, 0.1) is 15.9 Å². The molecule has 0 aromatic heterocycles. The molecule has 1 rings (SSSR count). The molecule has 1 unspecified atom stereocenters. The average molecular weight is 197 g/mol. The van der Waals surface area contributed by atoms with Crippen molar-refractivity contribution in [3.05, 3.63) is 52.3 Å². The number of benzene rings is 1. The van der Waals surface area contributed by atoms with E-state index in [1.165, 1.54) is 12.1 Å². The van der Waals surface area contributed by atoms with Gasteiger partial charge in [-0.25, -0.2) is 0 Å². The predicted molar refractivity (Wildman–Crippen MR) is 48.2 cm³/mol. The molecule has 4 nitrogen and oxygen atoms in total. The van der Waals surface area contributed by atoms with Crippen LogP contribution in [-0.2, 0) is 0 Å². The maximum atomic E-state index is 13.0. The maximum absolute atomic E-state index is 13.0. The van der Waals surface area contributed by atoms with Crippen molar-refractivity contribution < 1.29 is 14.4 Å². The summed E-state index contributed by atoms with van der Waals surface area (Å²) in [5.74, 6) is -0.964. The average Bonchev–Trinajstić information content (AvgIpc) is 2.15. The third-order valence-corrected chi connectivity index (χ3v) is 1.73. The fourth-order valence-corrected chi connectivity index (χ4v) is 0.991. The summed E-state index contributed by atoms with van der Waals surface area (Å²) in [4.78, 5) is 9.44. The van der Waals surface area contributed by atoms with Gasteiger partial charge in [-0.1, -0.05) is 6.08 Å². The first-order valence-corrected chi connectivity index (χ1v) is 3.80. The van der Waals surface area contributed by atoms with Crippen LogP contribution in [0.5, 0.6) is 0 Å². The topological polar surface area (TPSA) is 63.4 Å². The smallest absolute Gasteiger partial charge is 0.304 e. The Balaban J connectivity index is 3.12. The van der Waals surface area contributed by atoms with E-state index >= 15 is 0 Å². The van der Waals surface area contributed by atoms with E-state index in [1.807, 2.05) is 0 Å². The summed E-state index contributed by atoms with van der Waals surface area (Å²) in [6, 6.07) is 3.22. The Hall–Kier alpha value is -1.75. The minimum absolute atomic E-state index is 0.239. The van der Waals surface area contributed by atoms with E-state index in [0.29, 0.717) is 0 Å². The number of nitro groups is 1. The van der Waals surface area contributed by atoms with Crippen molar-refractivity contribution in [2.24, 2.45) is 0 Å². The fourth-order valence-electron chi connectivity index (χ4n) is 0.991. The molecule has 0 saturated heterocycles. The number of aliphatic hydroxyl groups excluding tert-OH is 1. The van der Waals surface area contributed by atoms with E-state index < -0.39 is 22.5 Å². The molecular formula is C9H8FNO3. The summed E-state index contributed by atoms with van der Waals surface area (Å²) < 4.78 is 13.0. The van der Waals surface area contributed by atoms with Crippen LogP contribution in [0.4, 0.5) is 10.1 Å². The van der Waals surface area contributed by atoms with Gasteiger partial charge in [0.1, 0.15) is 0 Å². The van der Waals surface area contributed by atoms with Gasteiger partial charge in [0, 0.05) is 6.07 Å². The lowest BCUT2D eigenvalue weighted by Gasteiger charge is -2.04. The number of nitrogens with zero attached hydrogens (tertiary/aromatic N) is 1. The normalized spacial score (nSPS) is 12.1. The zero-order chi connectivity index (χ0) is 10.7. The summed E-state index contributed by atoms with van der Waals surface area (Å²) >= 11 is 0.